The quantitative estimate of drug-likeness (QED) is 0.150. The summed E-state index contributed by atoms with van der Waals surface area (Å²) in [6.45, 7) is -0.946. The minimum Gasteiger partial charge on any atom is -0.504 e. The van der Waals surface area contributed by atoms with Gasteiger partial charge in [0.15, 0.2) is 40.2 Å². The summed E-state index contributed by atoms with van der Waals surface area (Å²) in [6, 6.07) is 6.28. The molecule has 7 N–H and O–H groups in total. The van der Waals surface area contributed by atoms with Crippen LogP contribution in [0.5, 0.6) is 23.0 Å². The normalized spacial score (nSPS) is 25.8. The number of hydrogen-bond acceptors (Lipinski definition) is 12. The molecule has 13 heteroatoms. The van der Waals surface area contributed by atoms with E-state index in [-0.39, 0.29) is 42.1 Å². The average Bonchev–Trinajstić information content (AvgIpc) is 2.97. The van der Waals surface area contributed by atoms with E-state index >= 15 is 0 Å². The molecule has 0 unspecified atom stereocenters. The largest absolute Gasteiger partial charge is 0.504 e. The first kappa shape index (κ1) is 32.6. The summed E-state index contributed by atoms with van der Waals surface area (Å²) in [5.74, 6) is -4.12. The molecule has 0 bridgehead atoms. The Morgan fingerprint density at radius 1 is 0.955 bits per heavy atom. The first-order valence-corrected chi connectivity index (χ1v) is 13.9. The molecule has 1 heterocycles. The van der Waals surface area contributed by atoms with E-state index in [0.717, 1.165) is 6.08 Å². The fourth-order valence-electron chi connectivity index (χ4n) is 5.20. The highest BCUT2D eigenvalue weighted by Gasteiger charge is 2.53. The Kier molecular flexibility index (Phi) is 10.4. The van der Waals surface area contributed by atoms with Crippen LogP contribution in [0.4, 0.5) is 0 Å². The lowest BCUT2D eigenvalue weighted by molar-refractivity contribution is -0.225. The number of phenols is 4. The summed E-state index contributed by atoms with van der Waals surface area (Å²) in [6.07, 6.45) is 0.444. The number of carbonyl (C=O) groups is 3. The maximum Gasteiger partial charge on any atom is 0.336 e. The number of rotatable bonds is 10. The molecule has 5 atom stereocenters. The number of phenolic OH excluding ortho intramolecular Hbond substituents is 4. The fourth-order valence-corrected chi connectivity index (χ4v) is 5.20. The standard InChI is InChI=1S/C31H34O13/c32-15-19-12-25(38)24(37)11-18(19)5-8-22(35)27-2-1-9-42-29-26(39)13-31(30(40)41,14-28(29)44-27)43-16-20(33)6-3-17-4-7-21(34)23(36)10-17/h3-8,10-12,26-29,32,34,36-39H,1-2,9,13-16H2,(H,40,41)/t26-,27+,28-,29+,31-/m1/s1. The molecule has 2 aromatic carbocycles. The number of ether oxygens (including phenoxy) is 3. The van der Waals surface area contributed by atoms with Gasteiger partial charge in [0.25, 0.3) is 0 Å². The molecule has 0 spiro atoms. The Morgan fingerprint density at radius 2 is 1.68 bits per heavy atom. The van der Waals surface area contributed by atoms with Crippen molar-refractivity contribution in [2.75, 3.05) is 13.2 Å². The molecule has 13 nitrogen and oxygen atoms in total. The van der Waals surface area contributed by atoms with E-state index < -0.39 is 78.7 Å². The van der Waals surface area contributed by atoms with Gasteiger partial charge in [-0.1, -0.05) is 18.2 Å². The van der Waals surface area contributed by atoms with Crippen LogP contribution in [-0.4, -0.2) is 96.5 Å². The second kappa shape index (κ2) is 14.0. The lowest BCUT2D eigenvalue weighted by atomic mass is 9.78. The first-order valence-electron chi connectivity index (χ1n) is 13.9. The zero-order valence-electron chi connectivity index (χ0n) is 23.5. The molecule has 0 aromatic heterocycles. The molecular formula is C31H34O13. The van der Waals surface area contributed by atoms with Crippen molar-refractivity contribution in [1.29, 1.82) is 0 Å². The molecule has 236 valence electrons. The maximum atomic E-state index is 13.2. The van der Waals surface area contributed by atoms with Gasteiger partial charge in [0, 0.05) is 19.4 Å². The van der Waals surface area contributed by atoms with Crippen LogP contribution >= 0.6 is 0 Å². The number of carboxylic acid groups (broad SMARTS) is 1. The third-order valence-electron chi connectivity index (χ3n) is 7.57. The molecule has 2 fully saturated rings. The molecule has 44 heavy (non-hydrogen) atoms. The molecule has 0 radical (unpaired) electrons. The number of carboxylic acids is 1. The SMILES string of the molecule is O=C(C=Cc1ccc(O)c(O)c1)CO[C@]1(C(=O)O)C[C@@H](O)[C@@H]2OCCC[C@@H](C(=O)C=Cc3cc(O)c(O)cc3CO)O[C@@H]2C1. The van der Waals surface area contributed by atoms with E-state index in [1.165, 1.54) is 48.6 Å². The van der Waals surface area contributed by atoms with E-state index in [1.54, 1.807) is 0 Å². The van der Waals surface area contributed by atoms with Crippen LogP contribution in [0, 0.1) is 0 Å². The molecule has 0 amide bonds. The van der Waals surface area contributed by atoms with Crippen molar-refractivity contribution < 1.29 is 64.3 Å². The smallest absolute Gasteiger partial charge is 0.336 e. The summed E-state index contributed by atoms with van der Waals surface area (Å²) in [7, 11) is 0. The van der Waals surface area contributed by atoms with Crippen molar-refractivity contribution in [2.24, 2.45) is 0 Å². The maximum absolute atomic E-state index is 13.2. The van der Waals surface area contributed by atoms with Gasteiger partial charge in [-0.15, -0.1) is 0 Å². The number of benzene rings is 2. The number of aromatic hydroxyl groups is 4. The summed E-state index contributed by atoms with van der Waals surface area (Å²) in [5, 5.41) is 69.1. The highest BCUT2D eigenvalue weighted by atomic mass is 16.6. The Labute approximate surface area is 251 Å². The number of carbonyl (C=O) groups excluding carboxylic acids is 2. The number of aliphatic carboxylic acids is 1. The van der Waals surface area contributed by atoms with Crippen molar-refractivity contribution in [3.8, 4) is 23.0 Å². The molecule has 4 rings (SSSR count). The topological polar surface area (TPSA) is 221 Å². The van der Waals surface area contributed by atoms with Crippen LogP contribution in [-0.2, 0) is 35.2 Å². The Bertz CT molecular complexity index is 1450. The van der Waals surface area contributed by atoms with Gasteiger partial charge in [-0.2, -0.15) is 0 Å². The Morgan fingerprint density at radius 3 is 2.39 bits per heavy atom. The van der Waals surface area contributed by atoms with E-state index in [2.05, 4.69) is 0 Å². The van der Waals surface area contributed by atoms with Crippen LogP contribution in [0.3, 0.4) is 0 Å². The van der Waals surface area contributed by atoms with Crippen molar-refractivity contribution in [1.82, 2.24) is 0 Å². The zero-order valence-corrected chi connectivity index (χ0v) is 23.5. The van der Waals surface area contributed by atoms with Gasteiger partial charge < -0.3 is 50.0 Å². The van der Waals surface area contributed by atoms with Crippen molar-refractivity contribution in [3.05, 3.63) is 59.2 Å². The molecule has 1 saturated heterocycles. The first-order chi connectivity index (χ1) is 20.9. The minimum atomic E-state index is -2.04. The molecular weight excluding hydrogens is 580 g/mol. The van der Waals surface area contributed by atoms with Crippen LogP contribution in [0.2, 0.25) is 0 Å². The molecule has 2 aliphatic rings. The Balaban J connectivity index is 1.48. The monoisotopic (exact) mass is 614 g/mol. The van der Waals surface area contributed by atoms with Gasteiger partial charge in [0.1, 0.15) is 18.8 Å². The second-order valence-electron chi connectivity index (χ2n) is 10.7. The molecule has 1 aliphatic heterocycles. The zero-order chi connectivity index (χ0) is 32.0. The van der Waals surface area contributed by atoms with E-state index in [0.29, 0.717) is 12.0 Å². The number of aliphatic hydroxyl groups is 2. The van der Waals surface area contributed by atoms with Crippen LogP contribution in [0.25, 0.3) is 12.2 Å². The predicted octanol–water partition coefficient (Wildman–Crippen LogP) is 1.79. The van der Waals surface area contributed by atoms with E-state index in [4.69, 9.17) is 14.2 Å². The second-order valence-corrected chi connectivity index (χ2v) is 10.7. The van der Waals surface area contributed by atoms with Crippen molar-refractivity contribution >= 4 is 29.7 Å². The Hall–Kier alpha value is -4.27. The third kappa shape index (κ3) is 7.62. The van der Waals surface area contributed by atoms with Gasteiger partial charge in [-0.25, -0.2) is 4.79 Å². The molecule has 1 saturated carbocycles. The summed E-state index contributed by atoms with van der Waals surface area (Å²) in [5.41, 5.74) is -1.08. The summed E-state index contributed by atoms with van der Waals surface area (Å²) < 4.78 is 17.4. The lowest BCUT2D eigenvalue weighted by Gasteiger charge is -2.45. The summed E-state index contributed by atoms with van der Waals surface area (Å²) >= 11 is 0. The predicted molar refractivity (Wildman–Crippen MR) is 153 cm³/mol. The fraction of sp³-hybridized carbons (Fsp3) is 0.387. The highest BCUT2D eigenvalue weighted by molar-refractivity contribution is 5.97. The number of hydrogen-bond donors (Lipinski definition) is 7. The van der Waals surface area contributed by atoms with Gasteiger partial charge in [0.2, 0.25) is 0 Å². The third-order valence-corrected chi connectivity index (χ3v) is 7.57. The van der Waals surface area contributed by atoms with Gasteiger partial charge in [0.05, 0.1) is 18.8 Å². The van der Waals surface area contributed by atoms with Crippen molar-refractivity contribution in [2.45, 2.75) is 62.3 Å². The van der Waals surface area contributed by atoms with E-state index in [9.17, 15) is 50.1 Å². The van der Waals surface area contributed by atoms with Crippen LogP contribution in [0.15, 0.2) is 42.5 Å². The van der Waals surface area contributed by atoms with Crippen LogP contribution < -0.4 is 0 Å². The molecule has 1 aliphatic carbocycles. The van der Waals surface area contributed by atoms with Gasteiger partial charge in [-0.3, -0.25) is 9.59 Å². The van der Waals surface area contributed by atoms with Crippen LogP contribution in [0.1, 0.15) is 42.4 Å². The minimum absolute atomic E-state index is 0.173. The van der Waals surface area contributed by atoms with Gasteiger partial charge >= 0.3 is 5.97 Å². The van der Waals surface area contributed by atoms with E-state index in [1.807, 2.05) is 0 Å². The molecule has 2 aromatic rings. The van der Waals surface area contributed by atoms with Crippen molar-refractivity contribution in [3.63, 3.8) is 0 Å². The highest BCUT2D eigenvalue weighted by Crippen LogP contribution is 2.38. The number of fused-ring (bicyclic) bond motifs is 1. The average molecular weight is 615 g/mol. The summed E-state index contributed by atoms with van der Waals surface area (Å²) in [4.78, 5) is 38.1. The lowest BCUT2D eigenvalue weighted by Crippen LogP contribution is -2.60. The van der Waals surface area contributed by atoms with Gasteiger partial charge in [-0.05, 0) is 65.9 Å². The number of aliphatic hydroxyl groups excluding tert-OH is 2. The number of ketones is 2.